The van der Waals surface area contributed by atoms with Gasteiger partial charge in [0.15, 0.2) is 0 Å². The summed E-state index contributed by atoms with van der Waals surface area (Å²) in [7, 11) is -2.01. The van der Waals surface area contributed by atoms with Crippen LogP contribution in [0.5, 0.6) is 0 Å². The molecule has 1 saturated heterocycles. The van der Waals surface area contributed by atoms with E-state index in [9.17, 15) is 13.2 Å². The summed E-state index contributed by atoms with van der Waals surface area (Å²) in [6.45, 7) is 1.91. The topological polar surface area (TPSA) is 71.9 Å². The molecule has 4 aromatic rings. The molecule has 200 valence electrons. The first-order valence-corrected chi connectivity index (χ1v) is 15.1. The highest BCUT2D eigenvalue weighted by atomic mass is 79.9. The number of rotatable bonds is 5. The van der Waals surface area contributed by atoms with Gasteiger partial charge in [-0.05, 0) is 54.1 Å². The van der Waals surface area contributed by atoms with E-state index in [1.807, 2.05) is 54.7 Å². The van der Waals surface area contributed by atoms with Crippen molar-refractivity contribution >= 4 is 71.7 Å². The number of carbonyl (C=O) groups is 1. The van der Waals surface area contributed by atoms with E-state index in [-0.39, 0.29) is 10.8 Å². The van der Waals surface area contributed by atoms with Gasteiger partial charge in [0.05, 0.1) is 23.8 Å². The zero-order valence-corrected chi connectivity index (χ0v) is 24.3. The van der Waals surface area contributed by atoms with Crippen LogP contribution in [-0.2, 0) is 26.1 Å². The van der Waals surface area contributed by atoms with Gasteiger partial charge < -0.3 is 14.2 Å². The van der Waals surface area contributed by atoms with Crippen LogP contribution in [0, 0.1) is 0 Å². The molecule has 3 heterocycles. The largest absolute Gasteiger partial charge is 0.379 e. The van der Waals surface area contributed by atoms with Gasteiger partial charge in [-0.2, -0.15) is 4.31 Å². The average Bonchev–Trinajstić information content (AvgIpc) is 3.39. The maximum absolute atomic E-state index is 13.4. The second kappa shape index (κ2) is 10.2. The third-order valence-corrected chi connectivity index (χ3v) is 9.99. The lowest BCUT2D eigenvalue weighted by molar-refractivity contribution is -0.112. The molecule has 0 atom stereocenters. The Morgan fingerprint density at radius 3 is 2.59 bits per heavy atom. The molecule has 0 bridgehead atoms. The molecular formula is C29H25BrClN3O4S. The first-order valence-electron chi connectivity index (χ1n) is 12.5. The summed E-state index contributed by atoms with van der Waals surface area (Å²) in [6, 6.07) is 18.7. The molecule has 39 heavy (non-hydrogen) atoms. The van der Waals surface area contributed by atoms with Gasteiger partial charge >= 0.3 is 0 Å². The number of nitrogens with zero attached hydrogens (tertiary/aromatic N) is 3. The number of anilines is 1. The van der Waals surface area contributed by atoms with Gasteiger partial charge in [0.2, 0.25) is 10.0 Å². The summed E-state index contributed by atoms with van der Waals surface area (Å²) >= 11 is 10.0. The number of halogens is 2. The number of carbonyl (C=O) groups excluding carboxylic acids is 1. The third-order valence-electron chi connectivity index (χ3n) is 7.23. The minimum atomic E-state index is -3.72. The standard InChI is InChI=1S/C29H25BrClN3O4S/c1-32-27-9-7-22(39(36,37)34-10-12-38-13-11-34)16-24(27)25(29(32)35)14-20-18-33(17-19-4-2-3-5-26(19)31)28-8-6-21(30)15-23(20)28/h2-9,14-16,18H,10-13,17H2,1H3. The van der Waals surface area contributed by atoms with Crippen LogP contribution in [0.3, 0.4) is 0 Å². The first-order chi connectivity index (χ1) is 18.7. The second-order valence-corrected chi connectivity index (χ2v) is 12.8. The number of amides is 1. The van der Waals surface area contributed by atoms with E-state index in [0.717, 1.165) is 26.5 Å². The number of hydrogen-bond donors (Lipinski definition) is 0. The maximum atomic E-state index is 13.4. The summed E-state index contributed by atoms with van der Waals surface area (Å²) in [6.07, 6.45) is 3.86. The summed E-state index contributed by atoms with van der Waals surface area (Å²) in [5.41, 5.74) is 4.55. The summed E-state index contributed by atoms with van der Waals surface area (Å²) < 4.78 is 36.5. The molecule has 1 aromatic heterocycles. The Bertz CT molecular complexity index is 1760. The number of likely N-dealkylation sites (N-methyl/N-ethyl adjacent to an activating group) is 1. The van der Waals surface area contributed by atoms with Gasteiger partial charge in [-0.1, -0.05) is 45.7 Å². The fourth-order valence-electron chi connectivity index (χ4n) is 5.17. The van der Waals surface area contributed by atoms with E-state index < -0.39 is 10.0 Å². The smallest absolute Gasteiger partial charge is 0.258 e. The van der Waals surface area contributed by atoms with Crippen LogP contribution < -0.4 is 4.90 Å². The minimum Gasteiger partial charge on any atom is -0.379 e. The van der Waals surface area contributed by atoms with E-state index in [1.54, 1.807) is 30.1 Å². The number of benzene rings is 3. The number of hydrogen-bond acceptors (Lipinski definition) is 4. The number of fused-ring (bicyclic) bond motifs is 2. The van der Waals surface area contributed by atoms with Crippen molar-refractivity contribution in [3.63, 3.8) is 0 Å². The van der Waals surface area contributed by atoms with Gasteiger partial charge in [0.25, 0.3) is 5.91 Å². The van der Waals surface area contributed by atoms with Crippen LogP contribution in [-0.4, -0.2) is 56.5 Å². The minimum absolute atomic E-state index is 0.168. The summed E-state index contributed by atoms with van der Waals surface area (Å²) in [5.74, 6) is -0.187. The zero-order chi connectivity index (χ0) is 27.3. The molecule has 2 aliphatic heterocycles. The Labute approximate surface area is 240 Å². The molecule has 7 nitrogen and oxygen atoms in total. The lowest BCUT2D eigenvalue weighted by Crippen LogP contribution is -2.40. The van der Waals surface area contributed by atoms with Crippen molar-refractivity contribution in [2.45, 2.75) is 11.4 Å². The molecule has 3 aromatic carbocycles. The molecule has 6 rings (SSSR count). The molecule has 10 heteroatoms. The molecular weight excluding hydrogens is 602 g/mol. The number of ether oxygens (including phenoxy) is 1. The van der Waals surface area contributed by atoms with Crippen LogP contribution in [0.4, 0.5) is 5.69 Å². The van der Waals surface area contributed by atoms with Crippen molar-refractivity contribution in [1.82, 2.24) is 8.87 Å². The maximum Gasteiger partial charge on any atom is 0.258 e. The first kappa shape index (κ1) is 26.3. The van der Waals surface area contributed by atoms with Crippen LogP contribution in [0.1, 0.15) is 16.7 Å². The number of aromatic nitrogens is 1. The molecule has 0 unspecified atom stereocenters. The predicted octanol–water partition coefficient (Wildman–Crippen LogP) is 5.64. The molecule has 2 aliphatic rings. The van der Waals surface area contributed by atoms with Crippen LogP contribution in [0.25, 0.3) is 22.6 Å². The van der Waals surface area contributed by atoms with Gasteiger partial charge in [-0.3, -0.25) is 4.79 Å². The van der Waals surface area contributed by atoms with Gasteiger partial charge in [0, 0.05) is 70.0 Å². The summed E-state index contributed by atoms with van der Waals surface area (Å²) in [4.78, 5) is 15.2. The zero-order valence-electron chi connectivity index (χ0n) is 21.1. The average molecular weight is 627 g/mol. The predicted molar refractivity (Wildman–Crippen MR) is 157 cm³/mol. The van der Waals surface area contributed by atoms with Gasteiger partial charge in [-0.15, -0.1) is 0 Å². The van der Waals surface area contributed by atoms with Gasteiger partial charge in [-0.25, -0.2) is 8.42 Å². The molecule has 0 radical (unpaired) electrons. The van der Waals surface area contributed by atoms with Crippen molar-refractivity contribution in [2.75, 3.05) is 38.3 Å². The van der Waals surface area contributed by atoms with Crippen LogP contribution in [0.2, 0.25) is 5.02 Å². The fourth-order valence-corrected chi connectivity index (χ4v) is 7.16. The monoisotopic (exact) mass is 625 g/mol. The van der Waals surface area contributed by atoms with E-state index in [1.165, 1.54) is 4.31 Å². The van der Waals surface area contributed by atoms with E-state index >= 15 is 0 Å². The van der Waals surface area contributed by atoms with Crippen LogP contribution >= 0.6 is 27.5 Å². The van der Waals surface area contributed by atoms with Crippen molar-refractivity contribution in [3.05, 3.63) is 93.0 Å². The third kappa shape index (κ3) is 4.72. The molecule has 0 aliphatic carbocycles. The Balaban J connectivity index is 1.46. The van der Waals surface area contributed by atoms with Crippen molar-refractivity contribution < 1.29 is 17.9 Å². The second-order valence-electron chi connectivity index (χ2n) is 9.58. The number of sulfonamides is 1. The molecule has 1 amide bonds. The molecule has 0 N–H and O–H groups in total. The van der Waals surface area contributed by atoms with Gasteiger partial charge in [0.1, 0.15) is 0 Å². The Morgan fingerprint density at radius 1 is 1.05 bits per heavy atom. The highest BCUT2D eigenvalue weighted by molar-refractivity contribution is 9.10. The SMILES string of the molecule is CN1C(=O)C(=Cc2cn(Cc3ccccc3Cl)c3ccc(Br)cc23)c2cc(S(=O)(=O)N3CCOCC3)ccc21. The van der Waals surface area contributed by atoms with E-state index in [4.69, 9.17) is 16.3 Å². The molecule has 0 spiro atoms. The lowest BCUT2D eigenvalue weighted by atomic mass is 10.0. The fraction of sp³-hybridized carbons (Fsp3) is 0.207. The lowest BCUT2D eigenvalue weighted by Gasteiger charge is -2.26. The summed E-state index contributed by atoms with van der Waals surface area (Å²) in [5, 5.41) is 1.65. The molecule has 0 saturated carbocycles. The Morgan fingerprint density at radius 2 is 1.82 bits per heavy atom. The highest BCUT2D eigenvalue weighted by Crippen LogP contribution is 2.40. The normalized spacial score (nSPS) is 17.4. The van der Waals surface area contributed by atoms with Crippen molar-refractivity contribution in [3.8, 4) is 0 Å². The highest BCUT2D eigenvalue weighted by Gasteiger charge is 2.33. The molecule has 1 fully saturated rings. The van der Waals surface area contributed by atoms with E-state index in [2.05, 4.69) is 20.5 Å². The van der Waals surface area contributed by atoms with Crippen molar-refractivity contribution in [2.24, 2.45) is 0 Å². The van der Waals surface area contributed by atoms with Crippen LogP contribution in [0.15, 0.2) is 76.2 Å². The van der Waals surface area contributed by atoms with Crippen molar-refractivity contribution in [1.29, 1.82) is 0 Å². The number of morpholine rings is 1. The Hall–Kier alpha value is -2.95. The van der Waals surface area contributed by atoms with E-state index in [0.29, 0.717) is 54.7 Å². The quantitative estimate of drug-likeness (QED) is 0.269. The Kier molecular flexibility index (Phi) is 6.89.